The zero-order chi connectivity index (χ0) is 8.69. The first kappa shape index (κ1) is 11.0. The molecule has 1 N–H and O–H groups in total. The van der Waals surface area contributed by atoms with Crippen LogP contribution in [0, 0.1) is 12.8 Å². The lowest BCUT2D eigenvalue weighted by atomic mass is 10.00. The number of hydrogen-bond donors (Lipinski definition) is 1. The minimum absolute atomic E-state index is 0.673. The van der Waals surface area contributed by atoms with Crippen molar-refractivity contribution in [3.63, 3.8) is 0 Å². The summed E-state index contributed by atoms with van der Waals surface area (Å²) in [5.41, 5.74) is 0. The maximum atomic E-state index is 3.89. The first-order valence-corrected chi connectivity index (χ1v) is 4.67. The van der Waals surface area contributed by atoms with E-state index in [4.69, 9.17) is 0 Å². The molecule has 0 aromatic rings. The molecule has 0 heterocycles. The third kappa shape index (κ3) is 6.36. The molecule has 2 unspecified atom stereocenters. The van der Waals surface area contributed by atoms with E-state index in [1.807, 2.05) is 7.05 Å². The summed E-state index contributed by atoms with van der Waals surface area (Å²) in [7, 11) is 2.02. The van der Waals surface area contributed by atoms with Crippen LogP contribution in [0.2, 0.25) is 0 Å². The Balaban J connectivity index is 3.13. The van der Waals surface area contributed by atoms with Gasteiger partial charge in [0.25, 0.3) is 0 Å². The van der Waals surface area contributed by atoms with Gasteiger partial charge in [-0.1, -0.05) is 33.1 Å². The van der Waals surface area contributed by atoms with E-state index in [-0.39, 0.29) is 0 Å². The monoisotopic (exact) mass is 156 g/mol. The lowest BCUT2D eigenvalue weighted by molar-refractivity contribution is 0.460. The van der Waals surface area contributed by atoms with Gasteiger partial charge in [-0.3, -0.25) is 0 Å². The van der Waals surface area contributed by atoms with Gasteiger partial charge in [0.1, 0.15) is 0 Å². The van der Waals surface area contributed by atoms with Crippen LogP contribution in [-0.4, -0.2) is 13.1 Å². The predicted octanol–water partition coefficient (Wildman–Crippen LogP) is 2.62. The van der Waals surface area contributed by atoms with Gasteiger partial charge >= 0.3 is 0 Å². The second-order valence-corrected chi connectivity index (χ2v) is 3.51. The van der Waals surface area contributed by atoms with Crippen LogP contribution in [0.5, 0.6) is 0 Å². The molecule has 2 atom stereocenters. The van der Waals surface area contributed by atoms with Crippen molar-refractivity contribution < 1.29 is 0 Å². The van der Waals surface area contributed by atoms with Crippen LogP contribution in [-0.2, 0) is 0 Å². The van der Waals surface area contributed by atoms with Crippen LogP contribution in [0.15, 0.2) is 0 Å². The first-order chi connectivity index (χ1) is 5.20. The Labute approximate surface area is 71.6 Å². The maximum absolute atomic E-state index is 3.89. The summed E-state index contributed by atoms with van der Waals surface area (Å²) in [4.78, 5) is 0. The van der Waals surface area contributed by atoms with E-state index in [9.17, 15) is 0 Å². The van der Waals surface area contributed by atoms with Crippen molar-refractivity contribution in [2.24, 2.45) is 5.92 Å². The Morgan fingerprint density at radius 2 is 1.91 bits per heavy atom. The van der Waals surface area contributed by atoms with E-state index in [1.165, 1.54) is 19.3 Å². The van der Waals surface area contributed by atoms with Crippen LogP contribution >= 0.6 is 0 Å². The molecule has 1 nitrogen and oxygen atoms in total. The molecule has 67 valence electrons. The summed E-state index contributed by atoms with van der Waals surface area (Å²) >= 11 is 0. The number of hydrogen-bond acceptors (Lipinski definition) is 1. The zero-order valence-corrected chi connectivity index (χ0v) is 8.19. The highest BCUT2D eigenvalue weighted by atomic mass is 14.8. The number of nitrogens with one attached hydrogen (secondary N) is 1. The standard InChI is InChI=1S/C10H22N/c1-5-9(2)7-6-8-10(3)11-4/h9-11H,1,5-8H2,2-4H3. The minimum atomic E-state index is 0.673. The fourth-order valence-electron chi connectivity index (χ4n) is 1.06. The molecule has 0 aliphatic heterocycles. The van der Waals surface area contributed by atoms with Crippen molar-refractivity contribution >= 4 is 0 Å². The zero-order valence-electron chi connectivity index (χ0n) is 8.19. The third-order valence-corrected chi connectivity index (χ3v) is 2.32. The Hall–Kier alpha value is -0.0400. The van der Waals surface area contributed by atoms with E-state index in [0.717, 1.165) is 12.3 Å². The highest BCUT2D eigenvalue weighted by Crippen LogP contribution is 2.11. The molecule has 0 saturated heterocycles. The molecule has 11 heavy (non-hydrogen) atoms. The van der Waals surface area contributed by atoms with Gasteiger partial charge in [0.15, 0.2) is 0 Å². The molecule has 0 fully saturated rings. The molecule has 1 radical (unpaired) electrons. The van der Waals surface area contributed by atoms with Crippen LogP contribution in [0.3, 0.4) is 0 Å². The molecule has 0 aliphatic rings. The quantitative estimate of drug-likeness (QED) is 0.623. The van der Waals surface area contributed by atoms with Crippen LogP contribution in [0.4, 0.5) is 0 Å². The Kier molecular flexibility index (Phi) is 6.63. The highest BCUT2D eigenvalue weighted by molar-refractivity contribution is 4.60. The normalized spacial score (nSPS) is 16.4. The summed E-state index contributed by atoms with van der Waals surface area (Å²) in [6.07, 6.45) is 5.03. The molecule has 0 amide bonds. The first-order valence-electron chi connectivity index (χ1n) is 4.67. The fraction of sp³-hybridized carbons (Fsp3) is 0.900. The molecular formula is C10H22N. The van der Waals surface area contributed by atoms with Gasteiger partial charge in [0.2, 0.25) is 0 Å². The largest absolute Gasteiger partial charge is 0.317 e. The Morgan fingerprint density at radius 3 is 2.36 bits per heavy atom. The van der Waals surface area contributed by atoms with Gasteiger partial charge < -0.3 is 5.32 Å². The summed E-state index contributed by atoms with van der Waals surface area (Å²) in [6, 6.07) is 0.673. The third-order valence-electron chi connectivity index (χ3n) is 2.32. The summed E-state index contributed by atoms with van der Waals surface area (Å²) in [5.74, 6) is 0.805. The van der Waals surface area contributed by atoms with Crippen LogP contribution < -0.4 is 5.32 Å². The molecule has 0 bridgehead atoms. The van der Waals surface area contributed by atoms with Gasteiger partial charge in [-0.15, -0.1) is 0 Å². The molecule has 0 aromatic carbocycles. The van der Waals surface area contributed by atoms with E-state index in [1.54, 1.807) is 0 Å². The molecule has 0 aliphatic carbocycles. The number of rotatable bonds is 6. The summed E-state index contributed by atoms with van der Waals surface area (Å²) in [5, 5.41) is 3.24. The molecule has 1 heteroatoms. The lowest BCUT2D eigenvalue weighted by Crippen LogP contribution is -2.20. The summed E-state index contributed by atoms with van der Waals surface area (Å²) in [6.45, 7) is 8.39. The van der Waals surface area contributed by atoms with Crippen molar-refractivity contribution in [2.75, 3.05) is 7.05 Å². The van der Waals surface area contributed by atoms with E-state index in [0.29, 0.717) is 6.04 Å². The van der Waals surface area contributed by atoms with Gasteiger partial charge in [-0.05, 0) is 26.3 Å². The van der Waals surface area contributed by atoms with Crippen molar-refractivity contribution in [3.05, 3.63) is 6.92 Å². The molecular weight excluding hydrogens is 134 g/mol. The minimum Gasteiger partial charge on any atom is -0.317 e. The molecule has 0 spiro atoms. The van der Waals surface area contributed by atoms with Gasteiger partial charge in [-0.2, -0.15) is 0 Å². The molecule has 0 saturated carbocycles. The van der Waals surface area contributed by atoms with E-state index < -0.39 is 0 Å². The van der Waals surface area contributed by atoms with Crippen molar-refractivity contribution in [2.45, 2.75) is 45.6 Å². The fourth-order valence-corrected chi connectivity index (χ4v) is 1.06. The lowest BCUT2D eigenvalue weighted by Gasteiger charge is -2.11. The van der Waals surface area contributed by atoms with Crippen LogP contribution in [0.25, 0.3) is 0 Å². The van der Waals surface area contributed by atoms with Gasteiger partial charge in [0, 0.05) is 6.04 Å². The van der Waals surface area contributed by atoms with Crippen molar-refractivity contribution in [3.8, 4) is 0 Å². The summed E-state index contributed by atoms with van der Waals surface area (Å²) < 4.78 is 0. The molecule has 0 aromatic heterocycles. The van der Waals surface area contributed by atoms with Gasteiger partial charge in [0.05, 0.1) is 0 Å². The topological polar surface area (TPSA) is 12.0 Å². The average Bonchev–Trinajstić information content (AvgIpc) is 2.04. The Bertz CT molecular complexity index is 70.9. The van der Waals surface area contributed by atoms with E-state index >= 15 is 0 Å². The highest BCUT2D eigenvalue weighted by Gasteiger charge is 2.01. The Morgan fingerprint density at radius 1 is 1.27 bits per heavy atom. The average molecular weight is 156 g/mol. The maximum Gasteiger partial charge on any atom is 0.00357 e. The second kappa shape index (κ2) is 6.66. The van der Waals surface area contributed by atoms with Gasteiger partial charge in [-0.25, -0.2) is 0 Å². The SMILES string of the molecule is [CH2]CC(C)CCCC(C)NC. The van der Waals surface area contributed by atoms with Crippen LogP contribution in [0.1, 0.15) is 39.5 Å². The molecule has 0 rings (SSSR count). The van der Waals surface area contributed by atoms with Crippen molar-refractivity contribution in [1.82, 2.24) is 5.32 Å². The predicted molar refractivity (Wildman–Crippen MR) is 51.5 cm³/mol. The van der Waals surface area contributed by atoms with E-state index in [2.05, 4.69) is 26.1 Å². The smallest absolute Gasteiger partial charge is 0.00357 e. The van der Waals surface area contributed by atoms with Crippen molar-refractivity contribution in [1.29, 1.82) is 0 Å². The second-order valence-electron chi connectivity index (χ2n) is 3.51.